The lowest BCUT2D eigenvalue weighted by Gasteiger charge is -2.10. The van der Waals surface area contributed by atoms with Crippen LogP contribution in [0, 0.1) is 5.82 Å². The predicted octanol–water partition coefficient (Wildman–Crippen LogP) is 3.56. The maximum Gasteiger partial charge on any atom is 0.147 e. The first-order valence-electron chi connectivity index (χ1n) is 6.36. The fourth-order valence-corrected chi connectivity index (χ4v) is 3.14. The molecule has 8 heteroatoms. The monoisotopic (exact) mass is 352 g/mol. The number of fused-ring (bicyclic) bond motifs is 1. The van der Waals surface area contributed by atoms with Gasteiger partial charge in [-0.05, 0) is 19.4 Å². The molecule has 21 heavy (non-hydrogen) atoms. The number of alkyl halides is 1. The van der Waals surface area contributed by atoms with Gasteiger partial charge in [-0.2, -0.15) is 0 Å². The zero-order chi connectivity index (χ0) is 15.8. The second-order valence-corrected chi connectivity index (χ2v) is 8.30. The van der Waals surface area contributed by atoms with Gasteiger partial charge in [0.25, 0.3) is 0 Å². The Morgan fingerprint density at radius 1 is 1.43 bits per heavy atom. The number of imidazole rings is 1. The second-order valence-electron chi connectivity index (χ2n) is 4.98. The highest BCUT2D eigenvalue weighted by Crippen LogP contribution is 2.28. The van der Waals surface area contributed by atoms with Gasteiger partial charge in [-0.3, -0.25) is 0 Å². The van der Waals surface area contributed by atoms with E-state index in [1.54, 1.807) is 11.5 Å². The normalized spacial score (nSPS) is 13.8. The van der Waals surface area contributed by atoms with Gasteiger partial charge < -0.3 is 4.57 Å². The maximum absolute atomic E-state index is 13.6. The van der Waals surface area contributed by atoms with Crippen molar-refractivity contribution in [3.63, 3.8) is 0 Å². The summed E-state index contributed by atoms with van der Waals surface area (Å²) in [6.45, 7) is 2.16. The van der Waals surface area contributed by atoms with E-state index in [4.69, 9.17) is 23.2 Å². The Bertz CT molecular complexity index is 772. The highest BCUT2D eigenvalue weighted by atomic mass is 35.5. The van der Waals surface area contributed by atoms with E-state index in [0.717, 1.165) is 0 Å². The molecule has 0 aliphatic heterocycles. The van der Waals surface area contributed by atoms with E-state index in [9.17, 15) is 12.8 Å². The van der Waals surface area contributed by atoms with E-state index in [2.05, 4.69) is 4.98 Å². The first-order chi connectivity index (χ1) is 9.69. The summed E-state index contributed by atoms with van der Waals surface area (Å²) in [7, 11) is -3.04. The van der Waals surface area contributed by atoms with Gasteiger partial charge in [-0.1, -0.05) is 11.6 Å². The molecule has 0 amide bonds. The molecule has 2 aromatic rings. The van der Waals surface area contributed by atoms with Gasteiger partial charge in [-0.25, -0.2) is 17.8 Å². The Hall–Kier alpha value is -0.850. The van der Waals surface area contributed by atoms with Crippen molar-refractivity contribution in [1.29, 1.82) is 0 Å². The summed E-state index contributed by atoms with van der Waals surface area (Å²) in [5.41, 5.74) is 1.11. The third kappa shape index (κ3) is 3.87. The van der Waals surface area contributed by atoms with Crippen LogP contribution in [0.4, 0.5) is 4.39 Å². The van der Waals surface area contributed by atoms with Crippen LogP contribution in [-0.4, -0.2) is 30.0 Å². The number of aromatic nitrogens is 2. The Kier molecular flexibility index (Phi) is 4.80. The van der Waals surface area contributed by atoms with Gasteiger partial charge in [0, 0.05) is 18.9 Å². The third-order valence-corrected chi connectivity index (χ3v) is 4.59. The van der Waals surface area contributed by atoms with Crippen molar-refractivity contribution in [3.05, 3.63) is 28.8 Å². The van der Waals surface area contributed by atoms with E-state index in [1.165, 1.54) is 18.4 Å². The summed E-state index contributed by atoms with van der Waals surface area (Å²) in [5, 5.41) is -0.380. The molecule has 1 atom stereocenters. The largest absolute Gasteiger partial charge is 0.327 e. The zero-order valence-corrected chi connectivity index (χ0v) is 13.9. The van der Waals surface area contributed by atoms with Crippen LogP contribution >= 0.6 is 23.2 Å². The molecular weight excluding hydrogens is 338 g/mol. The maximum atomic E-state index is 13.6. The number of hydrogen-bond donors (Lipinski definition) is 0. The minimum Gasteiger partial charge on any atom is -0.327 e. The summed E-state index contributed by atoms with van der Waals surface area (Å²) >= 11 is 11.9. The predicted molar refractivity (Wildman–Crippen MR) is 83.3 cm³/mol. The molecule has 0 aliphatic carbocycles. The van der Waals surface area contributed by atoms with Crippen molar-refractivity contribution < 1.29 is 12.8 Å². The van der Waals surface area contributed by atoms with Crippen molar-refractivity contribution in [2.45, 2.75) is 25.3 Å². The van der Waals surface area contributed by atoms with Gasteiger partial charge in [0.2, 0.25) is 0 Å². The van der Waals surface area contributed by atoms with Gasteiger partial charge >= 0.3 is 0 Å². The summed E-state index contributed by atoms with van der Waals surface area (Å²) in [5.74, 6) is 0.0859. The molecule has 1 unspecified atom stereocenters. The molecule has 0 bridgehead atoms. The average molecular weight is 353 g/mol. The number of benzene rings is 1. The lowest BCUT2D eigenvalue weighted by Crippen LogP contribution is -2.10. The van der Waals surface area contributed by atoms with Crippen molar-refractivity contribution in [2.24, 2.45) is 0 Å². The molecular formula is C13H15Cl2FN2O2S. The fourth-order valence-electron chi connectivity index (χ4n) is 2.16. The molecule has 0 saturated carbocycles. The molecule has 0 spiro atoms. The number of nitrogens with zero attached hydrogens (tertiary/aromatic N) is 2. The minimum absolute atomic E-state index is 0.00272. The summed E-state index contributed by atoms with van der Waals surface area (Å²) < 4.78 is 37.8. The molecule has 0 saturated heterocycles. The molecule has 0 fully saturated rings. The topological polar surface area (TPSA) is 52.0 Å². The van der Waals surface area contributed by atoms with Gasteiger partial charge in [0.1, 0.15) is 21.5 Å². The molecule has 1 aromatic heterocycles. The first kappa shape index (κ1) is 16.5. The van der Waals surface area contributed by atoms with Gasteiger partial charge in [0.15, 0.2) is 0 Å². The lowest BCUT2D eigenvalue weighted by atomic mass is 10.3. The smallest absolute Gasteiger partial charge is 0.147 e. The van der Waals surface area contributed by atoms with Crippen LogP contribution in [0.1, 0.15) is 24.5 Å². The molecule has 2 rings (SSSR count). The van der Waals surface area contributed by atoms with Crippen LogP contribution in [-0.2, 0) is 16.4 Å². The molecule has 0 radical (unpaired) electrons. The molecule has 1 aromatic carbocycles. The van der Waals surface area contributed by atoms with Crippen LogP contribution in [0.15, 0.2) is 12.1 Å². The molecule has 4 nitrogen and oxygen atoms in total. The number of sulfone groups is 1. The Morgan fingerprint density at radius 2 is 2.10 bits per heavy atom. The summed E-state index contributed by atoms with van der Waals surface area (Å²) in [4.78, 5) is 4.36. The highest BCUT2D eigenvalue weighted by Gasteiger charge is 2.17. The van der Waals surface area contributed by atoms with E-state index < -0.39 is 15.7 Å². The van der Waals surface area contributed by atoms with Crippen molar-refractivity contribution in [2.75, 3.05) is 12.0 Å². The Labute approximate surface area is 132 Å². The quantitative estimate of drug-likeness (QED) is 0.773. The zero-order valence-electron chi connectivity index (χ0n) is 11.6. The lowest BCUT2D eigenvalue weighted by molar-refractivity contribution is 0.589. The SMILES string of the molecule is CC(Cl)c1nc2cc(Cl)c(F)cc2n1CCCS(C)(=O)=O. The summed E-state index contributed by atoms with van der Waals surface area (Å²) in [6.07, 6.45) is 1.59. The van der Waals surface area contributed by atoms with Crippen molar-refractivity contribution in [3.8, 4) is 0 Å². The van der Waals surface area contributed by atoms with E-state index in [-0.39, 0.29) is 16.2 Å². The van der Waals surface area contributed by atoms with Gasteiger partial charge in [0.05, 0.1) is 27.2 Å². The Balaban J connectivity index is 2.43. The average Bonchev–Trinajstić information content (AvgIpc) is 2.67. The number of halogens is 3. The molecule has 1 heterocycles. The standard InChI is InChI=1S/C13H15Cl2FN2O2S/c1-8(14)13-17-11-6-9(15)10(16)7-12(11)18(13)4-3-5-21(2,19)20/h6-8H,3-5H2,1-2H3. The van der Waals surface area contributed by atoms with Crippen LogP contribution in [0.25, 0.3) is 11.0 Å². The summed E-state index contributed by atoms with van der Waals surface area (Å²) in [6, 6.07) is 2.75. The molecule has 116 valence electrons. The molecule has 0 N–H and O–H groups in total. The second kappa shape index (κ2) is 6.10. The van der Waals surface area contributed by atoms with Crippen molar-refractivity contribution >= 4 is 44.1 Å². The fraction of sp³-hybridized carbons (Fsp3) is 0.462. The van der Waals surface area contributed by atoms with Crippen LogP contribution in [0.5, 0.6) is 0 Å². The van der Waals surface area contributed by atoms with Crippen LogP contribution in [0.2, 0.25) is 5.02 Å². The minimum atomic E-state index is -3.04. The molecule has 0 aliphatic rings. The number of rotatable bonds is 5. The third-order valence-electron chi connectivity index (χ3n) is 3.07. The Morgan fingerprint density at radius 3 is 2.67 bits per heavy atom. The van der Waals surface area contributed by atoms with Gasteiger partial charge in [-0.15, -0.1) is 11.6 Å². The number of aryl methyl sites for hydroxylation is 1. The van der Waals surface area contributed by atoms with E-state index in [0.29, 0.717) is 29.8 Å². The van der Waals surface area contributed by atoms with Crippen molar-refractivity contribution in [1.82, 2.24) is 9.55 Å². The van der Waals surface area contributed by atoms with Crippen LogP contribution in [0.3, 0.4) is 0 Å². The van der Waals surface area contributed by atoms with Crippen LogP contribution < -0.4 is 0 Å². The highest BCUT2D eigenvalue weighted by molar-refractivity contribution is 7.90. The van der Waals surface area contributed by atoms with E-state index >= 15 is 0 Å². The number of hydrogen-bond acceptors (Lipinski definition) is 3. The first-order valence-corrected chi connectivity index (χ1v) is 9.23. The van der Waals surface area contributed by atoms with E-state index in [1.807, 2.05) is 0 Å².